The average Bonchev–Trinajstić information content (AvgIpc) is 2.36. The van der Waals surface area contributed by atoms with Gasteiger partial charge < -0.3 is 0 Å². The minimum atomic E-state index is 0.960. The molecule has 0 atom stereocenters. The van der Waals surface area contributed by atoms with Crippen LogP contribution in [0.3, 0.4) is 0 Å². The highest BCUT2D eigenvalue weighted by Crippen LogP contribution is 2.33. The Hall–Kier alpha value is -0.150. The molecule has 3 heteroatoms. The first-order valence-corrected chi connectivity index (χ1v) is 4.86. The largest absolute Gasteiger partial charge is 0.261 e. The summed E-state index contributed by atoms with van der Waals surface area (Å²) in [6.45, 7) is 0. The summed E-state index contributed by atoms with van der Waals surface area (Å²) in [6.07, 6.45) is 2.89. The molecule has 0 spiro atoms. The van der Waals surface area contributed by atoms with Crippen LogP contribution in [0.2, 0.25) is 0 Å². The summed E-state index contributed by atoms with van der Waals surface area (Å²) in [4.78, 5) is 4.23. The molecule has 0 radical (unpaired) electrons. The maximum absolute atomic E-state index is 4.23. The number of fused-ring (bicyclic) bond motifs is 1. The van der Waals surface area contributed by atoms with E-state index in [1.807, 2.05) is 12.3 Å². The minimum Gasteiger partial charge on any atom is -0.261 e. The molecule has 2 rings (SSSR count). The van der Waals surface area contributed by atoms with Gasteiger partial charge in [0.15, 0.2) is 0 Å². The second-order valence-corrected chi connectivity index (χ2v) is 4.12. The number of nitrogens with zero attached hydrogens (tertiary/aromatic N) is 1. The standard InChI is InChI=1S/C8H5Br2N/c9-6-3-5-1-2-11-8(5)4-7(6)10/h2-4H,1H2. The Balaban J connectivity index is 2.63. The van der Waals surface area contributed by atoms with Crippen LogP contribution in [0.4, 0.5) is 5.69 Å². The van der Waals surface area contributed by atoms with Gasteiger partial charge in [0.1, 0.15) is 0 Å². The van der Waals surface area contributed by atoms with E-state index in [0.717, 1.165) is 21.1 Å². The van der Waals surface area contributed by atoms with Crippen molar-refractivity contribution in [1.82, 2.24) is 0 Å². The van der Waals surface area contributed by atoms with Crippen molar-refractivity contribution in [1.29, 1.82) is 0 Å². The van der Waals surface area contributed by atoms with E-state index in [1.165, 1.54) is 5.56 Å². The quantitative estimate of drug-likeness (QED) is 0.687. The Morgan fingerprint density at radius 1 is 1.18 bits per heavy atom. The van der Waals surface area contributed by atoms with Gasteiger partial charge in [-0.05, 0) is 49.6 Å². The molecule has 0 saturated heterocycles. The predicted molar refractivity (Wildman–Crippen MR) is 53.7 cm³/mol. The molecule has 1 nitrogen and oxygen atoms in total. The van der Waals surface area contributed by atoms with Crippen molar-refractivity contribution in [3.05, 3.63) is 26.6 Å². The van der Waals surface area contributed by atoms with E-state index in [9.17, 15) is 0 Å². The number of rotatable bonds is 0. The molecule has 1 aromatic carbocycles. The molecule has 0 amide bonds. The summed E-state index contributed by atoms with van der Waals surface area (Å²) in [5, 5.41) is 0. The number of hydrogen-bond donors (Lipinski definition) is 0. The van der Waals surface area contributed by atoms with Crippen LogP contribution in [0.15, 0.2) is 26.1 Å². The second-order valence-electron chi connectivity index (χ2n) is 2.41. The summed E-state index contributed by atoms with van der Waals surface area (Å²) in [5.74, 6) is 0. The van der Waals surface area contributed by atoms with E-state index >= 15 is 0 Å². The van der Waals surface area contributed by atoms with Crippen molar-refractivity contribution in [2.24, 2.45) is 4.99 Å². The first-order chi connectivity index (χ1) is 5.27. The maximum atomic E-state index is 4.23. The van der Waals surface area contributed by atoms with Gasteiger partial charge in [-0.1, -0.05) is 0 Å². The first kappa shape index (κ1) is 7.50. The van der Waals surface area contributed by atoms with E-state index in [0.29, 0.717) is 0 Å². The lowest BCUT2D eigenvalue weighted by atomic mass is 10.2. The third-order valence-corrected chi connectivity index (χ3v) is 3.51. The Kier molecular flexibility index (Phi) is 1.85. The van der Waals surface area contributed by atoms with Crippen LogP contribution in [0.25, 0.3) is 0 Å². The second kappa shape index (κ2) is 2.72. The highest BCUT2D eigenvalue weighted by Gasteiger charge is 2.08. The first-order valence-electron chi connectivity index (χ1n) is 3.28. The fourth-order valence-corrected chi connectivity index (χ4v) is 1.83. The molecule has 0 unspecified atom stereocenters. The van der Waals surface area contributed by atoms with Crippen LogP contribution < -0.4 is 0 Å². The minimum absolute atomic E-state index is 0.960. The van der Waals surface area contributed by atoms with Gasteiger partial charge in [-0.3, -0.25) is 4.99 Å². The number of hydrogen-bond acceptors (Lipinski definition) is 1. The lowest BCUT2D eigenvalue weighted by Crippen LogP contribution is -1.79. The van der Waals surface area contributed by atoms with Gasteiger partial charge in [-0.2, -0.15) is 0 Å². The molecule has 1 aliphatic rings. The third-order valence-electron chi connectivity index (χ3n) is 1.66. The van der Waals surface area contributed by atoms with Crippen molar-refractivity contribution in [3.63, 3.8) is 0 Å². The molecule has 0 fully saturated rings. The number of halogens is 2. The van der Waals surface area contributed by atoms with Gasteiger partial charge in [0.2, 0.25) is 0 Å². The molecule has 0 saturated carbocycles. The Morgan fingerprint density at radius 3 is 2.73 bits per heavy atom. The average molecular weight is 275 g/mol. The summed E-state index contributed by atoms with van der Waals surface area (Å²) < 4.78 is 2.16. The monoisotopic (exact) mass is 273 g/mol. The van der Waals surface area contributed by atoms with Crippen molar-refractivity contribution in [2.75, 3.05) is 0 Å². The Bertz CT molecular complexity index is 331. The molecule has 56 valence electrons. The molecular formula is C8H5Br2N. The smallest absolute Gasteiger partial charge is 0.0673 e. The van der Waals surface area contributed by atoms with Gasteiger partial charge in [0.25, 0.3) is 0 Å². The fourth-order valence-electron chi connectivity index (χ4n) is 1.10. The third kappa shape index (κ3) is 1.27. The van der Waals surface area contributed by atoms with Crippen LogP contribution in [0.1, 0.15) is 5.56 Å². The van der Waals surface area contributed by atoms with Crippen LogP contribution >= 0.6 is 31.9 Å². The zero-order valence-electron chi connectivity index (χ0n) is 5.64. The lowest BCUT2D eigenvalue weighted by Gasteiger charge is -1.99. The van der Waals surface area contributed by atoms with Gasteiger partial charge >= 0.3 is 0 Å². The fraction of sp³-hybridized carbons (Fsp3) is 0.125. The lowest BCUT2D eigenvalue weighted by molar-refractivity contribution is 1.38. The van der Waals surface area contributed by atoms with Crippen LogP contribution in [-0.2, 0) is 6.42 Å². The molecule has 1 heterocycles. The van der Waals surface area contributed by atoms with E-state index in [2.05, 4.69) is 42.9 Å². The van der Waals surface area contributed by atoms with Crippen molar-refractivity contribution < 1.29 is 0 Å². The zero-order chi connectivity index (χ0) is 7.84. The number of benzene rings is 1. The van der Waals surface area contributed by atoms with Gasteiger partial charge in [0.05, 0.1) is 5.69 Å². The molecule has 0 aromatic heterocycles. The zero-order valence-corrected chi connectivity index (χ0v) is 8.81. The van der Waals surface area contributed by atoms with E-state index < -0.39 is 0 Å². The van der Waals surface area contributed by atoms with Crippen molar-refractivity contribution in [2.45, 2.75) is 6.42 Å². The van der Waals surface area contributed by atoms with Crippen LogP contribution in [0, 0.1) is 0 Å². The predicted octanol–water partition coefficient (Wildman–Crippen LogP) is 3.47. The summed E-state index contributed by atoms with van der Waals surface area (Å²) in [7, 11) is 0. The number of aliphatic imine (C=N–C) groups is 1. The maximum Gasteiger partial charge on any atom is 0.0673 e. The van der Waals surface area contributed by atoms with Crippen LogP contribution in [0.5, 0.6) is 0 Å². The van der Waals surface area contributed by atoms with E-state index in [4.69, 9.17) is 0 Å². The highest BCUT2D eigenvalue weighted by molar-refractivity contribution is 9.13. The SMILES string of the molecule is Brc1cc2c(cc1Br)N=CC2. The summed E-state index contributed by atoms with van der Waals surface area (Å²) in [5.41, 5.74) is 2.38. The Labute approximate surface area is 81.8 Å². The van der Waals surface area contributed by atoms with Crippen molar-refractivity contribution in [3.8, 4) is 0 Å². The molecule has 0 bridgehead atoms. The summed E-state index contributed by atoms with van der Waals surface area (Å²) in [6, 6.07) is 4.13. The normalized spacial score (nSPS) is 13.6. The molecular weight excluding hydrogens is 270 g/mol. The van der Waals surface area contributed by atoms with Gasteiger partial charge in [0, 0.05) is 21.6 Å². The Morgan fingerprint density at radius 2 is 1.91 bits per heavy atom. The van der Waals surface area contributed by atoms with Crippen LogP contribution in [-0.4, -0.2) is 6.21 Å². The molecule has 11 heavy (non-hydrogen) atoms. The van der Waals surface area contributed by atoms with Crippen molar-refractivity contribution >= 4 is 43.8 Å². The molecule has 0 N–H and O–H groups in total. The molecule has 1 aliphatic heterocycles. The topological polar surface area (TPSA) is 12.4 Å². The highest BCUT2D eigenvalue weighted by atomic mass is 79.9. The summed E-state index contributed by atoms with van der Waals surface area (Å²) >= 11 is 6.87. The van der Waals surface area contributed by atoms with E-state index in [-0.39, 0.29) is 0 Å². The van der Waals surface area contributed by atoms with Gasteiger partial charge in [-0.15, -0.1) is 0 Å². The molecule has 0 aliphatic carbocycles. The van der Waals surface area contributed by atoms with E-state index in [1.54, 1.807) is 0 Å². The molecule has 1 aromatic rings. The van der Waals surface area contributed by atoms with Gasteiger partial charge in [-0.25, -0.2) is 0 Å².